The van der Waals surface area contributed by atoms with E-state index in [0.29, 0.717) is 5.92 Å². The molecule has 0 amide bonds. The molecule has 5 nitrogen and oxygen atoms in total. The summed E-state index contributed by atoms with van der Waals surface area (Å²) in [6, 6.07) is 1.74. The van der Waals surface area contributed by atoms with Crippen LogP contribution in [0.4, 0.5) is 5.69 Å². The van der Waals surface area contributed by atoms with Gasteiger partial charge in [-0.25, -0.2) is 9.78 Å². The minimum atomic E-state index is -1.07. The monoisotopic (exact) mass is 221 g/mol. The van der Waals surface area contributed by atoms with E-state index >= 15 is 0 Å². The van der Waals surface area contributed by atoms with Gasteiger partial charge in [-0.15, -0.1) is 0 Å². The Morgan fingerprint density at radius 3 is 2.75 bits per heavy atom. The third kappa shape index (κ3) is 2.14. The van der Waals surface area contributed by atoms with E-state index < -0.39 is 5.97 Å². The van der Waals surface area contributed by atoms with Crippen LogP contribution in [0.5, 0.6) is 0 Å². The van der Waals surface area contributed by atoms with Crippen molar-refractivity contribution in [3.8, 4) is 0 Å². The van der Waals surface area contributed by atoms with Crippen LogP contribution >= 0.6 is 0 Å². The standard InChI is InChI=1S/C11H15N3O2/c12-9-5-8(6-14-10(9)11(15)16)7-1-3-13-4-2-7/h5-7,13H,1-4,12H2,(H,15,16). The molecule has 1 saturated heterocycles. The van der Waals surface area contributed by atoms with Gasteiger partial charge in [0.15, 0.2) is 5.69 Å². The van der Waals surface area contributed by atoms with Crippen LogP contribution in [-0.2, 0) is 0 Å². The first-order chi connectivity index (χ1) is 7.68. The van der Waals surface area contributed by atoms with Gasteiger partial charge in [0, 0.05) is 6.20 Å². The number of hydrogen-bond acceptors (Lipinski definition) is 4. The third-order valence-electron chi connectivity index (χ3n) is 2.95. The first kappa shape index (κ1) is 10.9. The number of nitrogens with two attached hydrogens (primary N) is 1. The number of rotatable bonds is 2. The average Bonchev–Trinajstić information content (AvgIpc) is 2.29. The first-order valence-corrected chi connectivity index (χ1v) is 5.38. The van der Waals surface area contributed by atoms with Crippen molar-refractivity contribution in [2.24, 2.45) is 0 Å². The number of carboxylic acid groups (broad SMARTS) is 1. The maximum absolute atomic E-state index is 10.8. The van der Waals surface area contributed by atoms with E-state index in [4.69, 9.17) is 10.8 Å². The second kappa shape index (κ2) is 4.49. The fourth-order valence-corrected chi connectivity index (χ4v) is 2.06. The number of piperidine rings is 1. The van der Waals surface area contributed by atoms with Crippen molar-refractivity contribution in [3.05, 3.63) is 23.5 Å². The molecule has 1 aromatic heterocycles. The first-order valence-electron chi connectivity index (χ1n) is 5.38. The van der Waals surface area contributed by atoms with Crippen molar-refractivity contribution in [2.45, 2.75) is 18.8 Å². The lowest BCUT2D eigenvalue weighted by molar-refractivity contribution is 0.0691. The molecule has 0 radical (unpaired) electrons. The SMILES string of the molecule is Nc1cc(C2CCNCC2)cnc1C(=O)O. The van der Waals surface area contributed by atoms with Crippen LogP contribution in [-0.4, -0.2) is 29.1 Å². The molecule has 1 aliphatic rings. The van der Waals surface area contributed by atoms with Crippen molar-refractivity contribution in [1.82, 2.24) is 10.3 Å². The summed E-state index contributed by atoms with van der Waals surface area (Å²) in [5.74, 6) is -0.631. The Labute approximate surface area is 93.7 Å². The normalized spacial score (nSPS) is 17.2. The highest BCUT2D eigenvalue weighted by Crippen LogP contribution is 2.26. The summed E-state index contributed by atoms with van der Waals surface area (Å²) in [7, 11) is 0. The van der Waals surface area contributed by atoms with Crippen molar-refractivity contribution in [2.75, 3.05) is 18.8 Å². The van der Waals surface area contributed by atoms with E-state index in [0.717, 1.165) is 31.5 Å². The molecule has 2 heterocycles. The van der Waals surface area contributed by atoms with Crippen molar-refractivity contribution >= 4 is 11.7 Å². The van der Waals surface area contributed by atoms with Gasteiger partial charge in [-0.1, -0.05) is 0 Å². The molecule has 0 aliphatic carbocycles. The number of nitrogens with zero attached hydrogens (tertiary/aromatic N) is 1. The fourth-order valence-electron chi connectivity index (χ4n) is 2.06. The summed E-state index contributed by atoms with van der Waals surface area (Å²) in [5, 5.41) is 12.1. The summed E-state index contributed by atoms with van der Waals surface area (Å²) < 4.78 is 0. The maximum Gasteiger partial charge on any atom is 0.356 e. The highest BCUT2D eigenvalue weighted by Gasteiger charge is 2.18. The van der Waals surface area contributed by atoms with Gasteiger partial charge in [0.2, 0.25) is 0 Å². The molecule has 1 fully saturated rings. The lowest BCUT2D eigenvalue weighted by Gasteiger charge is -2.22. The lowest BCUT2D eigenvalue weighted by atomic mass is 9.91. The zero-order valence-corrected chi connectivity index (χ0v) is 8.94. The number of nitrogens with one attached hydrogen (secondary N) is 1. The molecule has 2 rings (SSSR count). The van der Waals surface area contributed by atoms with Crippen LogP contribution < -0.4 is 11.1 Å². The molecule has 4 N–H and O–H groups in total. The predicted octanol–water partition coefficient (Wildman–Crippen LogP) is 0.829. The van der Waals surface area contributed by atoms with Crippen LogP contribution in [0.2, 0.25) is 0 Å². The highest BCUT2D eigenvalue weighted by atomic mass is 16.4. The van der Waals surface area contributed by atoms with Gasteiger partial charge >= 0.3 is 5.97 Å². The molecule has 0 aromatic carbocycles. The van der Waals surface area contributed by atoms with E-state index in [2.05, 4.69) is 10.3 Å². The molecule has 0 atom stereocenters. The summed E-state index contributed by atoms with van der Waals surface area (Å²) in [6.07, 6.45) is 3.73. The Balaban J connectivity index is 2.23. The molecule has 0 saturated carbocycles. The molecule has 1 aliphatic heterocycles. The van der Waals surface area contributed by atoms with Gasteiger partial charge in [-0.2, -0.15) is 0 Å². The fraction of sp³-hybridized carbons (Fsp3) is 0.455. The number of hydrogen-bond donors (Lipinski definition) is 3. The van der Waals surface area contributed by atoms with Crippen LogP contribution in [0.1, 0.15) is 34.8 Å². The van der Waals surface area contributed by atoms with E-state index in [9.17, 15) is 4.79 Å². The number of carbonyl (C=O) groups is 1. The van der Waals surface area contributed by atoms with Gasteiger partial charge in [0.25, 0.3) is 0 Å². The third-order valence-corrected chi connectivity index (χ3v) is 2.95. The number of aromatic carboxylic acids is 1. The number of nitrogen functional groups attached to an aromatic ring is 1. The Bertz CT molecular complexity index is 400. The smallest absolute Gasteiger partial charge is 0.356 e. The largest absolute Gasteiger partial charge is 0.476 e. The number of anilines is 1. The van der Waals surface area contributed by atoms with Crippen LogP contribution in [0.25, 0.3) is 0 Å². The molecule has 86 valence electrons. The van der Waals surface area contributed by atoms with Crippen molar-refractivity contribution < 1.29 is 9.90 Å². The molecule has 0 unspecified atom stereocenters. The molecule has 0 spiro atoms. The van der Waals surface area contributed by atoms with Gasteiger partial charge < -0.3 is 16.2 Å². The summed E-state index contributed by atoms with van der Waals surface area (Å²) in [5.41, 5.74) is 6.91. The van der Waals surface area contributed by atoms with E-state index in [1.807, 2.05) is 0 Å². The summed E-state index contributed by atoms with van der Waals surface area (Å²) >= 11 is 0. The maximum atomic E-state index is 10.8. The average molecular weight is 221 g/mol. The quantitative estimate of drug-likeness (QED) is 0.688. The van der Waals surface area contributed by atoms with Gasteiger partial charge in [0.1, 0.15) is 0 Å². The zero-order chi connectivity index (χ0) is 11.5. The van der Waals surface area contributed by atoms with Crippen molar-refractivity contribution in [1.29, 1.82) is 0 Å². The molecule has 16 heavy (non-hydrogen) atoms. The minimum Gasteiger partial charge on any atom is -0.476 e. The number of carboxylic acids is 1. The van der Waals surface area contributed by atoms with Crippen LogP contribution in [0.15, 0.2) is 12.3 Å². The van der Waals surface area contributed by atoms with E-state index in [-0.39, 0.29) is 11.4 Å². The lowest BCUT2D eigenvalue weighted by Crippen LogP contribution is -2.26. The second-order valence-electron chi connectivity index (χ2n) is 4.04. The molecular weight excluding hydrogens is 206 g/mol. The van der Waals surface area contributed by atoms with Gasteiger partial charge in [0.05, 0.1) is 5.69 Å². The Morgan fingerprint density at radius 1 is 1.50 bits per heavy atom. The second-order valence-corrected chi connectivity index (χ2v) is 4.04. The minimum absolute atomic E-state index is 0.0577. The Kier molecular flexibility index (Phi) is 3.05. The van der Waals surface area contributed by atoms with Gasteiger partial charge in [-0.05, 0) is 43.5 Å². The molecular formula is C11H15N3O2. The molecule has 5 heteroatoms. The van der Waals surface area contributed by atoms with Crippen LogP contribution in [0, 0.1) is 0 Å². The number of pyridine rings is 1. The Hall–Kier alpha value is -1.62. The topological polar surface area (TPSA) is 88.2 Å². The zero-order valence-electron chi connectivity index (χ0n) is 8.94. The molecule has 1 aromatic rings. The summed E-state index contributed by atoms with van der Waals surface area (Å²) in [4.78, 5) is 14.7. The van der Waals surface area contributed by atoms with E-state index in [1.54, 1.807) is 12.3 Å². The Morgan fingerprint density at radius 2 is 2.19 bits per heavy atom. The highest BCUT2D eigenvalue weighted by molar-refractivity contribution is 5.91. The van der Waals surface area contributed by atoms with Crippen molar-refractivity contribution in [3.63, 3.8) is 0 Å². The summed E-state index contributed by atoms with van der Waals surface area (Å²) in [6.45, 7) is 1.98. The van der Waals surface area contributed by atoms with E-state index in [1.165, 1.54) is 0 Å². The predicted molar refractivity (Wildman–Crippen MR) is 60.5 cm³/mol. The number of aromatic nitrogens is 1. The molecule has 0 bridgehead atoms. The van der Waals surface area contributed by atoms with Gasteiger partial charge in [-0.3, -0.25) is 0 Å². The van der Waals surface area contributed by atoms with Crippen LogP contribution in [0.3, 0.4) is 0 Å².